The van der Waals surface area contributed by atoms with Crippen molar-refractivity contribution in [3.63, 3.8) is 0 Å². The number of H-pyrrole nitrogens is 1. The predicted octanol–water partition coefficient (Wildman–Crippen LogP) is 1.71. The highest BCUT2D eigenvalue weighted by atomic mass is 127. The van der Waals surface area contributed by atoms with Gasteiger partial charge in [-0.1, -0.05) is 0 Å². The number of hydrogen-bond acceptors (Lipinski definition) is 5. The maximum absolute atomic E-state index is 8.90. The summed E-state index contributed by atoms with van der Waals surface area (Å²) >= 11 is 3.64. The maximum Gasteiger partial charge on any atom is 0.215 e. The van der Waals surface area contributed by atoms with Gasteiger partial charge in [-0.15, -0.1) is 21.5 Å². The first-order valence-electron chi connectivity index (χ1n) is 3.67. The number of tetrazole rings is 1. The van der Waals surface area contributed by atoms with Gasteiger partial charge in [-0.3, -0.25) is 0 Å². The number of aromatic amines is 1. The number of nitrogens with one attached hydrogen (secondary N) is 1. The molecule has 0 aliphatic carbocycles. The van der Waals surface area contributed by atoms with Gasteiger partial charge in [0.05, 0.1) is 14.0 Å². The molecule has 0 atom stereocenters. The van der Waals surface area contributed by atoms with Crippen molar-refractivity contribution in [2.24, 2.45) is 0 Å². The van der Waals surface area contributed by atoms with E-state index >= 15 is 0 Å². The van der Waals surface area contributed by atoms with Crippen LogP contribution in [0.5, 0.6) is 0 Å². The molecule has 0 unspecified atom stereocenters. The summed E-state index contributed by atoms with van der Waals surface area (Å²) in [5, 5.41) is 22.5. The molecule has 0 spiro atoms. The molecule has 0 aliphatic rings. The zero-order chi connectivity index (χ0) is 10.1. The minimum absolute atomic E-state index is 0.545. The highest BCUT2D eigenvalue weighted by Crippen LogP contribution is 2.34. The van der Waals surface area contributed by atoms with Gasteiger partial charge in [-0.05, 0) is 34.7 Å². The van der Waals surface area contributed by atoms with Crippen LogP contribution in [0.25, 0.3) is 10.7 Å². The summed E-state index contributed by atoms with van der Waals surface area (Å²) in [6.07, 6.45) is 0. The number of nitriles is 1. The number of thiophene rings is 1. The zero-order valence-electron chi connectivity index (χ0n) is 7.08. The van der Waals surface area contributed by atoms with Crippen LogP contribution in [0.15, 0.2) is 0 Å². The summed E-state index contributed by atoms with van der Waals surface area (Å²) in [6.45, 7) is 1.91. The number of aryl methyl sites for hydroxylation is 1. The summed E-state index contributed by atoms with van der Waals surface area (Å²) in [4.78, 5) is 1.88. The van der Waals surface area contributed by atoms with Gasteiger partial charge in [-0.2, -0.15) is 10.5 Å². The number of halogens is 1. The fraction of sp³-hybridized carbons (Fsp3) is 0.143. The second kappa shape index (κ2) is 3.62. The van der Waals surface area contributed by atoms with Crippen LogP contribution in [-0.4, -0.2) is 20.6 Å². The van der Waals surface area contributed by atoms with Crippen LogP contribution in [0.1, 0.15) is 10.4 Å². The molecule has 70 valence electrons. The minimum atomic E-state index is 0.545. The topological polar surface area (TPSA) is 78.2 Å². The SMILES string of the molecule is Cc1sc(-c2nn[nH]n2)c(I)c1C#N. The molecular formula is C7H4IN5S. The van der Waals surface area contributed by atoms with Gasteiger partial charge in [0.2, 0.25) is 5.82 Å². The molecule has 0 saturated carbocycles. The Morgan fingerprint density at radius 3 is 2.86 bits per heavy atom. The van der Waals surface area contributed by atoms with Crippen LogP contribution in [0.4, 0.5) is 0 Å². The third kappa shape index (κ3) is 1.40. The molecule has 0 aromatic carbocycles. The molecular weight excluding hydrogens is 313 g/mol. The summed E-state index contributed by atoms with van der Waals surface area (Å²) < 4.78 is 0.897. The van der Waals surface area contributed by atoms with Crippen LogP contribution in [0, 0.1) is 21.8 Å². The van der Waals surface area contributed by atoms with E-state index in [-0.39, 0.29) is 0 Å². The van der Waals surface area contributed by atoms with E-state index in [2.05, 4.69) is 49.3 Å². The number of rotatable bonds is 1. The Labute approximate surface area is 97.3 Å². The van der Waals surface area contributed by atoms with Crippen molar-refractivity contribution >= 4 is 33.9 Å². The quantitative estimate of drug-likeness (QED) is 0.812. The van der Waals surface area contributed by atoms with Crippen LogP contribution in [0.2, 0.25) is 0 Å². The minimum Gasteiger partial charge on any atom is -0.192 e. The Morgan fingerprint density at radius 1 is 1.57 bits per heavy atom. The van der Waals surface area contributed by atoms with Crippen molar-refractivity contribution in [1.29, 1.82) is 5.26 Å². The molecule has 5 nitrogen and oxygen atoms in total. The Bertz CT molecular complexity index is 495. The number of hydrogen-bond donors (Lipinski definition) is 1. The van der Waals surface area contributed by atoms with Gasteiger partial charge in [0.15, 0.2) is 0 Å². The van der Waals surface area contributed by atoms with E-state index in [1.54, 1.807) is 0 Å². The second-order valence-corrected chi connectivity index (χ2v) is 4.83. The smallest absolute Gasteiger partial charge is 0.192 e. The first-order valence-corrected chi connectivity index (χ1v) is 5.56. The molecule has 0 bridgehead atoms. The highest BCUT2D eigenvalue weighted by Gasteiger charge is 2.17. The third-order valence-electron chi connectivity index (χ3n) is 1.69. The molecule has 0 radical (unpaired) electrons. The van der Waals surface area contributed by atoms with Crippen molar-refractivity contribution < 1.29 is 0 Å². The molecule has 2 heterocycles. The molecule has 0 amide bonds. The largest absolute Gasteiger partial charge is 0.215 e. The molecule has 14 heavy (non-hydrogen) atoms. The van der Waals surface area contributed by atoms with Crippen molar-refractivity contribution in [2.45, 2.75) is 6.92 Å². The number of aromatic nitrogens is 4. The van der Waals surface area contributed by atoms with Crippen molar-refractivity contribution in [3.05, 3.63) is 14.0 Å². The van der Waals surface area contributed by atoms with E-state index in [4.69, 9.17) is 5.26 Å². The molecule has 0 saturated heterocycles. The van der Waals surface area contributed by atoms with Gasteiger partial charge in [0, 0.05) is 4.88 Å². The molecule has 0 aliphatic heterocycles. The average molecular weight is 317 g/mol. The van der Waals surface area contributed by atoms with E-state index < -0.39 is 0 Å². The molecule has 1 N–H and O–H groups in total. The first-order chi connectivity index (χ1) is 6.74. The highest BCUT2D eigenvalue weighted by molar-refractivity contribution is 14.1. The lowest BCUT2D eigenvalue weighted by molar-refractivity contribution is 0.881. The van der Waals surface area contributed by atoms with Crippen LogP contribution in [-0.2, 0) is 0 Å². The number of nitrogens with zero attached hydrogens (tertiary/aromatic N) is 4. The Morgan fingerprint density at radius 2 is 2.36 bits per heavy atom. The molecule has 0 fully saturated rings. The van der Waals surface area contributed by atoms with Gasteiger partial charge in [0.1, 0.15) is 6.07 Å². The Hall–Kier alpha value is -1.01. The Balaban J connectivity index is 2.63. The van der Waals surface area contributed by atoms with Crippen molar-refractivity contribution in [2.75, 3.05) is 0 Å². The fourth-order valence-electron chi connectivity index (χ4n) is 1.05. The third-order valence-corrected chi connectivity index (χ3v) is 4.23. The zero-order valence-corrected chi connectivity index (χ0v) is 10.0. The predicted molar refractivity (Wildman–Crippen MR) is 59.7 cm³/mol. The van der Waals surface area contributed by atoms with Crippen molar-refractivity contribution in [3.8, 4) is 16.8 Å². The van der Waals surface area contributed by atoms with E-state index in [9.17, 15) is 0 Å². The van der Waals surface area contributed by atoms with E-state index in [1.807, 2.05) is 6.92 Å². The molecule has 2 aromatic heterocycles. The fourth-order valence-corrected chi connectivity index (χ4v) is 3.25. The van der Waals surface area contributed by atoms with E-state index in [0.717, 1.165) is 13.3 Å². The monoisotopic (exact) mass is 317 g/mol. The van der Waals surface area contributed by atoms with E-state index in [0.29, 0.717) is 11.4 Å². The first kappa shape index (κ1) is 9.54. The summed E-state index contributed by atoms with van der Waals surface area (Å²) in [5.74, 6) is 0.545. The van der Waals surface area contributed by atoms with Crippen LogP contribution in [0.3, 0.4) is 0 Å². The van der Waals surface area contributed by atoms with Gasteiger partial charge in [0.25, 0.3) is 0 Å². The molecule has 2 aromatic rings. The van der Waals surface area contributed by atoms with Gasteiger partial charge < -0.3 is 0 Å². The van der Waals surface area contributed by atoms with Crippen LogP contribution < -0.4 is 0 Å². The lowest BCUT2D eigenvalue weighted by Gasteiger charge is -1.87. The summed E-state index contributed by atoms with van der Waals surface area (Å²) in [5.41, 5.74) is 0.704. The second-order valence-electron chi connectivity index (χ2n) is 2.52. The van der Waals surface area contributed by atoms with Crippen molar-refractivity contribution in [1.82, 2.24) is 20.6 Å². The maximum atomic E-state index is 8.90. The standard InChI is InChI=1S/C7H4IN5S/c1-3-4(2-9)5(8)6(14-3)7-10-12-13-11-7/h1H3,(H,10,11,12,13). The Kier molecular flexibility index (Phi) is 2.47. The lowest BCUT2D eigenvalue weighted by Crippen LogP contribution is -1.81. The molecule has 2 rings (SSSR count). The average Bonchev–Trinajstić information content (AvgIpc) is 2.74. The van der Waals surface area contributed by atoms with E-state index in [1.165, 1.54) is 11.3 Å². The normalized spacial score (nSPS) is 10.1. The van der Waals surface area contributed by atoms with Gasteiger partial charge in [-0.25, -0.2) is 0 Å². The lowest BCUT2D eigenvalue weighted by atomic mass is 10.3. The van der Waals surface area contributed by atoms with Crippen LogP contribution >= 0.6 is 33.9 Å². The summed E-state index contributed by atoms with van der Waals surface area (Å²) in [6, 6.07) is 2.16. The molecule has 7 heteroatoms. The van der Waals surface area contributed by atoms with Gasteiger partial charge >= 0.3 is 0 Å². The summed E-state index contributed by atoms with van der Waals surface area (Å²) in [7, 11) is 0.